The molecule has 1 aromatic carbocycles. The quantitative estimate of drug-likeness (QED) is 0.618. The van der Waals surface area contributed by atoms with Crippen LogP contribution in [0.1, 0.15) is 5.82 Å². The number of methoxy groups -OCH3 is 1. The number of hydrogen-bond donors (Lipinski definition) is 1. The van der Waals surface area contributed by atoms with Crippen LogP contribution in [0.15, 0.2) is 47.6 Å². The maximum Gasteiger partial charge on any atom is 0.332 e. The van der Waals surface area contributed by atoms with Gasteiger partial charge >= 0.3 is 10.2 Å². The number of benzene rings is 1. The van der Waals surface area contributed by atoms with Gasteiger partial charge in [0.1, 0.15) is 5.82 Å². The van der Waals surface area contributed by atoms with Gasteiger partial charge in [-0.25, -0.2) is 15.0 Å². The smallest absolute Gasteiger partial charge is 0.332 e. The van der Waals surface area contributed by atoms with E-state index in [4.69, 9.17) is 4.74 Å². The Kier molecular flexibility index (Phi) is 5.47. The fraction of sp³-hybridized carbons (Fsp3) is 0.235. The Morgan fingerprint density at radius 1 is 1.19 bits per heavy atom. The van der Waals surface area contributed by atoms with E-state index < -0.39 is 15.1 Å². The van der Waals surface area contributed by atoms with Crippen molar-refractivity contribution in [3.05, 3.63) is 48.5 Å². The molecule has 27 heavy (non-hydrogen) atoms. The van der Waals surface area contributed by atoms with Gasteiger partial charge in [0.2, 0.25) is 5.95 Å². The first-order chi connectivity index (χ1) is 12.9. The average Bonchev–Trinajstić information content (AvgIpc) is 3.00. The second-order valence-corrected chi connectivity index (χ2v) is 7.03. The molecule has 0 spiro atoms. The molecule has 0 radical (unpaired) electrons. The number of hydrogen-bond acceptors (Lipinski definition) is 7. The zero-order chi connectivity index (χ0) is 19.4. The van der Waals surface area contributed by atoms with Gasteiger partial charge in [0.15, 0.2) is 0 Å². The van der Waals surface area contributed by atoms with Gasteiger partial charge < -0.3 is 14.6 Å². The molecule has 0 unspecified atom stereocenters. The van der Waals surface area contributed by atoms with Crippen molar-refractivity contribution in [3.8, 4) is 11.4 Å². The molecule has 0 saturated carbocycles. The Hall–Kier alpha value is -2.85. The van der Waals surface area contributed by atoms with Gasteiger partial charge in [0.05, 0.1) is 29.1 Å². The molecule has 0 atom stereocenters. The highest BCUT2D eigenvalue weighted by atomic mass is 32.3. The number of ether oxygens (including phenoxy) is 1. The van der Waals surface area contributed by atoms with Gasteiger partial charge in [-0.15, -0.1) is 3.89 Å². The van der Waals surface area contributed by atoms with Gasteiger partial charge in [-0.05, 0) is 37.3 Å². The number of rotatable bonds is 7. The van der Waals surface area contributed by atoms with Crippen molar-refractivity contribution in [2.45, 2.75) is 18.4 Å². The fourth-order valence-corrected chi connectivity index (χ4v) is 2.99. The monoisotopic (exact) mass is 391 g/mol. The molecule has 8 nitrogen and oxygen atoms in total. The van der Waals surface area contributed by atoms with Crippen LogP contribution in [-0.4, -0.2) is 41.7 Å². The zero-order valence-corrected chi connectivity index (χ0v) is 15.6. The van der Waals surface area contributed by atoms with Crippen LogP contribution >= 0.6 is 0 Å². The minimum absolute atomic E-state index is 0.320. The van der Waals surface area contributed by atoms with Crippen molar-refractivity contribution < 1.29 is 17.0 Å². The van der Waals surface area contributed by atoms with Crippen molar-refractivity contribution in [3.63, 3.8) is 0 Å². The minimum Gasteiger partial charge on any atom is -0.383 e. The minimum atomic E-state index is -4.72. The van der Waals surface area contributed by atoms with Crippen molar-refractivity contribution in [1.82, 2.24) is 19.5 Å². The molecule has 1 N–H and O–H groups in total. The van der Waals surface area contributed by atoms with Crippen molar-refractivity contribution in [2.75, 3.05) is 19.0 Å². The molecule has 0 saturated heterocycles. The normalized spacial score (nSPS) is 11.5. The van der Waals surface area contributed by atoms with Crippen LogP contribution in [-0.2, 0) is 21.5 Å². The first-order valence-electron chi connectivity index (χ1n) is 8.05. The topological polar surface area (TPSA) is 99.0 Å². The molecular formula is C17H18FN5O3S. The summed E-state index contributed by atoms with van der Waals surface area (Å²) >= 11 is 0. The summed E-state index contributed by atoms with van der Waals surface area (Å²) in [5.74, 6) is 1.17. The summed E-state index contributed by atoms with van der Waals surface area (Å²) in [7, 11) is -3.09. The Labute approximate surface area is 156 Å². The average molecular weight is 391 g/mol. The summed E-state index contributed by atoms with van der Waals surface area (Å²) in [5, 5.41) is 2.97. The number of halogens is 1. The Morgan fingerprint density at radius 2 is 1.93 bits per heavy atom. The number of aromatic nitrogens is 4. The number of imidazole rings is 1. The lowest BCUT2D eigenvalue weighted by Gasteiger charge is -2.10. The highest BCUT2D eigenvalue weighted by Crippen LogP contribution is 2.22. The molecule has 0 aliphatic rings. The fourth-order valence-electron chi connectivity index (χ4n) is 2.53. The third-order valence-corrected chi connectivity index (χ3v) is 4.72. The van der Waals surface area contributed by atoms with Crippen molar-refractivity contribution in [2.24, 2.45) is 0 Å². The molecule has 3 rings (SSSR count). The number of aryl methyl sites for hydroxylation is 1. The molecule has 2 aromatic heterocycles. The van der Waals surface area contributed by atoms with E-state index in [0.29, 0.717) is 30.5 Å². The molecule has 0 aliphatic carbocycles. The van der Waals surface area contributed by atoms with Crippen LogP contribution in [0.25, 0.3) is 11.4 Å². The predicted molar refractivity (Wildman–Crippen MR) is 97.9 cm³/mol. The van der Waals surface area contributed by atoms with Crippen molar-refractivity contribution >= 4 is 21.9 Å². The maximum absolute atomic E-state index is 13.0. The molecular weight excluding hydrogens is 373 g/mol. The van der Waals surface area contributed by atoms with Crippen LogP contribution in [0.2, 0.25) is 0 Å². The number of nitrogens with zero attached hydrogens (tertiary/aromatic N) is 4. The Morgan fingerprint density at radius 3 is 2.59 bits per heavy atom. The third-order valence-electron chi connectivity index (χ3n) is 3.88. The van der Waals surface area contributed by atoms with E-state index in [1.54, 1.807) is 25.6 Å². The second kappa shape index (κ2) is 7.80. The molecule has 0 amide bonds. The SMILES string of the molecule is COCCn1c(-c2ccnc(Nc3ccc(S(=O)(=O)F)cc3)n2)cnc1C. The van der Waals surface area contributed by atoms with E-state index in [1.165, 1.54) is 24.3 Å². The van der Waals surface area contributed by atoms with Crippen LogP contribution in [0.5, 0.6) is 0 Å². The molecule has 0 aliphatic heterocycles. The van der Waals surface area contributed by atoms with Crippen molar-refractivity contribution in [1.29, 1.82) is 0 Å². The van der Waals surface area contributed by atoms with E-state index in [9.17, 15) is 12.3 Å². The largest absolute Gasteiger partial charge is 0.383 e. The molecule has 0 bridgehead atoms. The molecule has 0 fully saturated rings. The maximum atomic E-state index is 13.0. The Bertz CT molecular complexity index is 1030. The van der Waals surface area contributed by atoms with Gasteiger partial charge in [0, 0.05) is 25.5 Å². The first kappa shape index (κ1) is 18.9. The highest BCUT2D eigenvalue weighted by molar-refractivity contribution is 7.86. The lowest BCUT2D eigenvalue weighted by Crippen LogP contribution is -2.08. The number of nitrogens with one attached hydrogen (secondary N) is 1. The second-order valence-electron chi connectivity index (χ2n) is 5.69. The molecule has 2 heterocycles. The van der Waals surface area contributed by atoms with E-state index in [1.807, 2.05) is 11.5 Å². The van der Waals surface area contributed by atoms with E-state index in [2.05, 4.69) is 20.3 Å². The lowest BCUT2D eigenvalue weighted by atomic mass is 10.3. The van der Waals surface area contributed by atoms with Gasteiger partial charge in [-0.2, -0.15) is 8.42 Å². The predicted octanol–water partition coefficient (Wildman–Crippen LogP) is 2.70. The standard InChI is InChI=1S/C17H18FN5O3S/c1-12-20-11-16(23(12)9-10-26-2)15-7-8-19-17(22-15)21-13-3-5-14(6-4-13)27(18,24)25/h3-8,11H,9-10H2,1-2H3,(H,19,21,22). The summed E-state index contributed by atoms with van der Waals surface area (Å²) in [4.78, 5) is 12.6. The molecule has 10 heteroatoms. The zero-order valence-electron chi connectivity index (χ0n) is 14.8. The van der Waals surface area contributed by atoms with Gasteiger partial charge in [-0.1, -0.05) is 0 Å². The van der Waals surface area contributed by atoms with E-state index in [0.717, 1.165) is 11.5 Å². The summed E-state index contributed by atoms with van der Waals surface area (Å²) in [6, 6.07) is 6.99. The summed E-state index contributed by atoms with van der Waals surface area (Å²) in [6.07, 6.45) is 3.34. The summed E-state index contributed by atoms with van der Waals surface area (Å²) in [6.45, 7) is 3.09. The van der Waals surface area contributed by atoms with E-state index >= 15 is 0 Å². The van der Waals surface area contributed by atoms with Crippen LogP contribution in [0.4, 0.5) is 15.5 Å². The van der Waals surface area contributed by atoms with E-state index in [-0.39, 0.29) is 0 Å². The van der Waals surface area contributed by atoms with Crippen LogP contribution < -0.4 is 5.32 Å². The highest BCUT2D eigenvalue weighted by Gasteiger charge is 2.13. The third kappa shape index (κ3) is 4.47. The van der Waals surface area contributed by atoms with Gasteiger partial charge in [-0.3, -0.25) is 0 Å². The Balaban J connectivity index is 1.84. The summed E-state index contributed by atoms with van der Waals surface area (Å²) < 4.78 is 41.9. The lowest BCUT2D eigenvalue weighted by molar-refractivity contribution is 0.187. The molecule has 142 valence electrons. The van der Waals surface area contributed by atoms with Crippen LogP contribution in [0.3, 0.4) is 0 Å². The first-order valence-corrected chi connectivity index (χ1v) is 9.43. The van der Waals surface area contributed by atoms with Gasteiger partial charge in [0.25, 0.3) is 0 Å². The molecule has 3 aromatic rings. The summed E-state index contributed by atoms with van der Waals surface area (Å²) in [5.41, 5.74) is 2.03. The number of anilines is 2. The van der Waals surface area contributed by atoms with Crippen LogP contribution in [0, 0.1) is 6.92 Å².